The minimum Gasteiger partial charge on any atom is -0.481 e. The van der Waals surface area contributed by atoms with Crippen LogP contribution in [0.3, 0.4) is 0 Å². The molecule has 13 heavy (non-hydrogen) atoms. The zero-order valence-corrected chi connectivity index (χ0v) is 9.63. The number of ether oxygens (including phenoxy) is 1. The van der Waals surface area contributed by atoms with Crippen molar-refractivity contribution >= 4 is 27.9 Å². The average Bonchev–Trinajstić information content (AvgIpc) is 2.06. The number of carboxylic acids is 1. The SMILES string of the molecule is CCC(=O)O.CCOC(=O)C(C)Br. The molecule has 1 N–H and O–H groups in total. The topological polar surface area (TPSA) is 63.6 Å². The molecule has 0 amide bonds. The lowest BCUT2D eigenvalue weighted by Gasteiger charge is -2.00. The summed E-state index contributed by atoms with van der Waals surface area (Å²) in [6, 6.07) is 0. The third-order valence-corrected chi connectivity index (χ3v) is 1.29. The number of hydrogen-bond acceptors (Lipinski definition) is 3. The summed E-state index contributed by atoms with van der Waals surface area (Å²) in [6.07, 6.45) is 0.222. The van der Waals surface area contributed by atoms with Crippen LogP contribution in [0.2, 0.25) is 0 Å². The Morgan fingerprint density at radius 1 is 1.46 bits per heavy atom. The van der Waals surface area contributed by atoms with E-state index in [-0.39, 0.29) is 17.2 Å². The molecular formula is C8H15BrO4. The maximum absolute atomic E-state index is 10.5. The van der Waals surface area contributed by atoms with Crippen molar-refractivity contribution in [3.05, 3.63) is 0 Å². The fourth-order valence-electron chi connectivity index (χ4n) is 0.257. The van der Waals surface area contributed by atoms with Crippen molar-refractivity contribution in [3.63, 3.8) is 0 Å². The highest BCUT2D eigenvalue weighted by Crippen LogP contribution is 1.98. The monoisotopic (exact) mass is 254 g/mol. The molecule has 4 nitrogen and oxygen atoms in total. The lowest BCUT2D eigenvalue weighted by Crippen LogP contribution is -2.13. The largest absolute Gasteiger partial charge is 0.481 e. The number of rotatable bonds is 3. The highest BCUT2D eigenvalue weighted by atomic mass is 79.9. The predicted octanol–water partition coefficient (Wildman–Crippen LogP) is 1.81. The second kappa shape index (κ2) is 9.51. The van der Waals surface area contributed by atoms with Gasteiger partial charge in [0, 0.05) is 6.42 Å². The van der Waals surface area contributed by atoms with Crippen LogP contribution in [-0.2, 0) is 14.3 Å². The van der Waals surface area contributed by atoms with Crippen molar-refractivity contribution in [2.45, 2.75) is 32.0 Å². The van der Waals surface area contributed by atoms with Gasteiger partial charge in [0.1, 0.15) is 4.83 Å². The van der Waals surface area contributed by atoms with Crippen LogP contribution in [0.4, 0.5) is 0 Å². The summed E-state index contributed by atoms with van der Waals surface area (Å²) in [5, 5.41) is 7.72. The summed E-state index contributed by atoms with van der Waals surface area (Å²) in [4.78, 5) is 19.7. The van der Waals surface area contributed by atoms with Gasteiger partial charge in [-0.25, -0.2) is 0 Å². The normalized spacial score (nSPS) is 10.8. The van der Waals surface area contributed by atoms with E-state index in [4.69, 9.17) is 5.11 Å². The van der Waals surface area contributed by atoms with E-state index >= 15 is 0 Å². The number of carbonyl (C=O) groups excluding carboxylic acids is 1. The van der Waals surface area contributed by atoms with Crippen LogP contribution in [0.1, 0.15) is 27.2 Å². The molecule has 78 valence electrons. The van der Waals surface area contributed by atoms with Crippen molar-refractivity contribution in [2.24, 2.45) is 0 Å². The number of carbonyl (C=O) groups is 2. The van der Waals surface area contributed by atoms with E-state index in [1.165, 1.54) is 0 Å². The first-order chi connectivity index (χ1) is 5.95. The predicted molar refractivity (Wildman–Crippen MR) is 52.9 cm³/mol. The van der Waals surface area contributed by atoms with Crippen LogP contribution in [0.25, 0.3) is 0 Å². The zero-order valence-electron chi connectivity index (χ0n) is 8.04. The van der Waals surface area contributed by atoms with Gasteiger partial charge in [-0.3, -0.25) is 9.59 Å². The maximum Gasteiger partial charge on any atom is 0.319 e. The van der Waals surface area contributed by atoms with E-state index < -0.39 is 5.97 Å². The molecule has 0 heterocycles. The fourth-order valence-corrected chi connectivity index (χ4v) is 0.389. The first-order valence-electron chi connectivity index (χ1n) is 3.98. The second-order valence-corrected chi connectivity index (χ2v) is 3.49. The lowest BCUT2D eigenvalue weighted by molar-refractivity contribution is -0.142. The van der Waals surface area contributed by atoms with Gasteiger partial charge < -0.3 is 9.84 Å². The molecule has 0 aliphatic carbocycles. The molecule has 0 aromatic rings. The minimum absolute atomic E-state index is 0.178. The maximum atomic E-state index is 10.5. The molecule has 0 saturated heterocycles. The molecule has 0 aliphatic heterocycles. The van der Waals surface area contributed by atoms with E-state index in [0.29, 0.717) is 6.61 Å². The van der Waals surface area contributed by atoms with Gasteiger partial charge in [-0.05, 0) is 13.8 Å². The van der Waals surface area contributed by atoms with Crippen LogP contribution in [-0.4, -0.2) is 28.5 Å². The van der Waals surface area contributed by atoms with E-state index in [9.17, 15) is 9.59 Å². The Labute approximate surface area is 86.4 Å². The molecule has 0 radical (unpaired) electrons. The summed E-state index contributed by atoms with van der Waals surface area (Å²) in [5.74, 6) is -0.947. The van der Waals surface area contributed by atoms with Crippen molar-refractivity contribution in [2.75, 3.05) is 6.61 Å². The number of hydrogen-bond donors (Lipinski definition) is 1. The van der Waals surface area contributed by atoms with Crippen molar-refractivity contribution in [1.29, 1.82) is 0 Å². The first kappa shape index (κ1) is 14.9. The summed E-state index contributed by atoms with van der Waals surface area (Å²) in [6.45, 7) is 5.57. The molecule has 1 atom stereocenters. The van der Waals surface area contributed by atoms with E-state index in [1.807, 2.05) is 0 Å². The van der Waals surface area contributed by atoms with Gasteiger partial charge >= 0.3 is 11.9 Å². The van der Waals surface area contributed by atoms with Gasteiger partial charge in [-0.2, -0.15) is 0 Å². The molecule has 0 bridgehead atoms. The molecule has 0 aliphatic rings. The summed E-state index contributed by atoms with van der Waals surface area (Å²) in [7, 11) is 0. The first-order valence-corrected chi connectivity index (χ1v) is 4.89. The Bertz CT molecular complexity index is 156. The third kappa shape index (κ3) is 14.3. The number of carboxylic acid groups (broad SMARTS) is 1. The molecular weight excluding hydrogens is 240 g/mol. The fraction of sp³-hybridized carbons (Fsp3) is 0.750. The third-order valence-electron chi connectivity index (χ3n) is 0.914. The molecule has 0 aromatic heterocycles. The van der Waals surface area contributed by atoms with Crippen molar-refractivity contribution < 1.29 is 19.4 Å². The Morgan fingerprint density at radius 2 is 1.85 bits per heavy atom. The summed E-state index contributed by atoms with van der Waals surface area (Å²) < 4.78 is 4.62. The smallest absolute Gasteiger partial charge is 0.319 e. The van der Waals surface area contributed by atoms with E-state index in [1.54, 1.807) is 20.8 Å². The molecule has 0 fully saturated rings. The van der Waals surface area contributed by atoms with Crippen LogP contribution < -0.4 is 0 Å². The van der Waals surface area contributed by atoms with Crippen LogP contribution in [0.5, 0.6) is 0 Å². The molecule has 0 rings (SSSR count). The van der Waals surface area contributed by atoms with Crippen LogP contribution in [0.15, 0.2) is 0 Å². The Hall–Kier alpha value is -0.580. The molecule has 0 aromatic carbocycles. The number of esters is 1. The highest BCUT2D eigenvalue weighted by molar-refractivity contribution is 9.10. The van der Waals surface area contributed by atoms with E-state index in [0.717, 1.165) is 0 Å². The second-order valence-electron chi connectivity index (χ2n) is 2.12. The number of halogens is 1. The zero-order chi connectivity index (χ0) is 10.9. The molecule has 1 unspecified atom stereocenters. The minimum atomic E-state index is -0.745. The van der Waals surface area contributed by atoms with E-state index in [2.05, 4.69) is 20.7 Å². The Balaban J connectivity index is 0. The van der Waals surface area contributed by atoms with Crippen LogP contribution >= 0.6 is 15.9 Å². The Morgan fingerprint density at radius 3 is 1.92 bits per heavy atom. The van der Waals surface area contributed by atoms with Gasteiger partial charge in [0.2, 0.25) is 0 Å². The Kier molecular flexibility index (Phi) is 10.9. The van der Waals surface area contributed by atoms with Gasteiger partial charge in [-0.1, -0.05) is 22.9 Å². The van der Waals surface area contributed by atoms with Gasteiger partial charge in [-0.15, -0.1) is 0 Å². The molecule has 5 heteroatoms. The van der Waals surface area contributed by atoms with Gasteiger partial charge in [0.05, 0.1) is 6.61 Å². The van der Waals surface area contributed by atoms with Crippen molar-refractivity contribution in [1.82, 2.24) is 0 Å². The van der Waals surface area contributed by atoms with Crippen LogP contribution in [0, 0.1) is 0 Å². The lowest BCUT2D eigenvalue weighted by atomic mass is 10.5. The average molecular weight is 255 g/mol. The summed E-state index contributed by atoms with van der Waals surface area (Å²) >= 11 is 3.07. The number of alkyl halides is 1. The highest BCUT2D eigenvalue weighted by Gasteiger charge is 2.07. The molecule has 0 spiro atoms. The molecule has 0 saturated carbocycles. The number of aliphatic carboxylic acids is 1. The van der Waals surface area contributed by atoms with Gasteiger partial charge in [0.15, 0.2) is 0 Å². The standard InChI is InChI=1S/C5H9BrO2.C3H6O2/c1-3-8-5(7)4(2)6;1-2-3(4)5/h4H,3H2,1-2H3;2H2,1H3,(H,4,5). The quantitative estimate of drug-likeness (QED) is 0.617. The van der Waals surface area contributed by atoms with Gasteiger partial charge in [0.25, 0.3) is 0 Å². The summed E-state index contributed by atoms with van der Waals surface area (Å²) in [5.41, 5.74) is 0. The van der Waals surface area contributed by atoms with Crippen molar-refractivity contribution in [3.8, 4) is 0 Å².